The number of hydrogen-bond acceptors (Lipinski definition) is 8. The van der Waals surface area contributed by atoms with Crippen molar-refractivity contribution in [3.63, 3.8) is 0 Å². The Balaban J connectivity index is 2.40. The van der Waals surface area contributed by atoms with Crippen LogP contribution in [0.2, 0.25) is 0 Å². The zero-order chi connectivity index (χ0) is 25.7. The van der Waals surface area contributed by atoms with E-state index in [4.69, 9.17) is 4.74 Å². The largest absolute Gasteiger partial charge is 0.508 e. The van der Waals surface area contributed by atoms with Gasteiger partial charge in [-0.25, -0.2) is 0 Å². The first-order valence-corrected chi connectivity index (χ1v) is 11.4. The average molecular weight is 477 g/mol. The Morgan fingerprint density at radius 2 is 1.47 bits per heavy atom. The Morgan fingerprint density at radius 3 is 2.03 bits per heavy atom. The van der Waals surface area contributed by atoms with Gasteiger partial charge in [-0.3, -0.25) is 0 Å². The molecule has 7 N–H and O–H groups in total. The van der Waals surface area contributed by atoms with Crippen LogP contribution in [-0.2, 0) is 19.0 Å². The first kappa shape index (κ1) is 28.0. The summed E-state index contributed by atoms with van der Waals surface area (Å²) in [5.74, 6) is -1.71. The number of benzene rings is 2. The normalized spacial score (nSPS) is 15.1. The molecule has 8 nitrogen and oxygen atoms in total. The van der Waals surface area contributed by atoms with Crippen LogP contribution >= 0.6 is 0 Å². The maximum absolute atomic E-state index is 11.6. The summed E-state index contributed by atoms with van der Waals surface area (Å²) in [5, 5.41) is 58.1. The number of hydrogen-bond donors (Lipinski definition) is 7. The molecule has 2 aromatic carbocycles. The number of aliphatic hydroxyl groups excluding tert-OH is 3. The predicted octanol–water partition coefficient (Wildman–Crippen LogP) is 2.41. The molecule has 0 spiro atoms. The molecule has 0 aliphatic carbocycles. The van der Waals surface area contributed by atoms with E-state index in [1.807, 2.05) is 41.5 Å². The van der Waals surface area contributed by atoms with Crippen LogP contribution in [0.1, 0.15) is 69.9 Å². The average Bonchev–Trinajstić information content (AvgIpc) is 2.75. The van der Waals surface area contributed by atoms with E-state index < -0.39 is 18.5 Å². The van der Waals surface area contributed by atoms with Gasteiger partial charge in [0.2, 0.25) is 5.79 Å². The zero-order valence-corrected chi connectivity index (χ0v) is 21.0. The van der Waals surface area contributed by atoms with Crippen LogP contribution in [0.15, 0.2) is 36.4 Å². The topological polar surface area (TPSA) is 134 Å². The fourth-order valence-electron chi connectivity index (χ4n) is 3.27. The van der Waals surface area contributed by atoms with E-state index in [2.05, 4.69) is 10.6 Å². The van der Waals surface area contributed by atoms with Crippen LogP contribution in [0.3, 0.4) is 0 Å². The molecule has 2 atom stereocenters. The van der Waals surface area contributed by atoms with Crippen molar-refractivity contribution >= 4 is 0 Å². The van der Waals surface area contributed by atoms with Gasteiger partial charge in [-0.15, -0.1) is 0 Å². The minimum absolute atomic E-state index is 0.00308. The van der Waals surface area contributed by atoms with Crippen molar-refractivity contribution in [2.75, 3.05) is 13.1 Å². The highest BCUT2D eigenvalue weighted by molar-refractivity contribution is 5.41. The van der Waals surface area contributed by atoms with E-state index in [1.165, 1.54) is 18.2 Å². The van der Waals surface area contributed by atoms with E-state index in [-0.39, 0.29) is 41.3 Å². The van der Waals surface area contributed by atoms with E-state index in [0.29, 0.717) is 23.2 Å². The lowest BCUT2D eigenvalue weighted by Crippen LogP contribution is -2.49. The van der Waals surface area contributed by atoms with Gasteiger partial charge >= 0.3 is 0 Å². The van der Waals surface area contributed by atoms with Crippen LogP contribution in [0.25, 0.3) is 0 Å². The Labute approximate surface area is 202 Å². The molecule has 0 radical (unpaired) electrons. The molecule has 0 aliphatic heterocycles. The van der Waals surface area contributed by atoms with Crippen molar-refractivity contribution in [2.45, 2.75) is 77.7 Å². The van der Waals surface area contributed by atoms with Crippen molar-refractivity contribution in [1.29, 1.82) is 0 Å². The van der Waals surface area contributed by atoms with Crippen molar-refractivity contribution in [1.82, 2.24) is 10.6 Å². The molecule has 2 unspecified atom stereocenters. The van der Waals surface area contributed by atoms with E-state index >= 15 is 0 Å². The van der Waals surface area contributed by atoms with E-state index in [9.17, 15) is 25.5 Å². The van der Waals surface area contributed by atoms with Crippen molar-refractivity contribution in [3.05, 3.63) is 58.7 Å². The summed E-state index contributed by atoms with van der Waals surface area (Å²) in [7, 11) is 0. The Kier molecular flexibility index (Phi) is 9.10. The third kappa shape index (κ3) is 7.94. The fourth-order valence-corrected chi connectivity index (χ4v) is 3.27. The quantitative estimate of drug-likeness (QED) is 0.260. The number of aliphatic hydroxyl groups is 4. The van der Waals surface area contributed by atoms with Crippen LogP contribution in [0.4, 0.5) is 0 Å². The standard InChI is InChI=1S/C26H40N2O6/c1-24(2,3)27-13-22(32)17-7-10-23(19(11-17)15-30)34-26(33,16-28-25(4,5)6)20-8-9-21(31)18(12-20)14-29/h7-12,22,27-33H,13-16H2,1-6H3. The van der Waals surface area contributed by atoms with E-state index in [0.717, 1.165) is 0 Å². The molecule has 2 aromatic rings. The summed E-state index contributed by atoms with van der Waals surface area (Å²) in [6, 6.07) is 9.34. The summed E-state index contributed by atoms with van der Waals surface area (Å²) in [6.07, 6.45) is -0.788. The predicted molar refractivity (Wildman–Crippen MR) is 131 cm³/mol. The van der Waals surface area contributed by atoms with Crippen LogP contribution in [-0.4, -0.2) is 49.7 Å². The maximum Gasteiger partial charge on any atom is 0.247 e. The zero-order valence-electron chi connectivity index (χ0n) is 21.0. The molecule has 0 bridgehead atoms. The molecule has 8 heteroatoms. The Hall–Kier alpha value is -2.20. The first-order valence-electron chi connectivity index (χ1n) is 11.4. The van der Waals surface area contributed by atoms with Gasteiger partial charge in [-0.2, -0.15) is 0 Å². The highest BCUT2D eigenvalue weighted by Gasteiger charge is 2.35. The molecule has 2 rings (SSSR count). The SMILES string of the molecule is CC(C)(C)NCC(O)c1ccc(OC(O)(CNC(C)(C)C)c2ccc(O)c(CO)c2)c(CO)c1. The van der Waals surface area contributed by atoms with Gasteiger partial charge in [0, 0.05) is 34.3 Å². The second-order valence-corrected chi connectivity index (χ2v) is 10.7. The van der Waals surface area contributed by atoms with Gasteiger partial charge in [0.05, 0.1) is 25.9 Å². The van der Waals surface area contributed by atoms with Gasteiger partial charge in [0.15, 0.2) is 0 Å². The number of β-amino-alcohol motifs (C(OH)–C–C–N with tert-alkyl or cyclic N) is 2. The molecule has 0 saturated heterocycles. The molecule has 0 aromatic heterocycles. The van der Waals surface area contributed by atoms with Gasteiger partial charge < -0.3 is 40.9 Å². The summed E-state index contributed by atoms with van der Waals surface area (Å²) >= 11 is 0. The van der Waals surface area contributed by atoms with Gasteiger partial charge in [-0.1, -0.05) is 6.07 Å². The summed E-state index contributed by atoms with van der Waals surface area (Å²) in [5.41, 5.74) is 1.11. The highest BCUT2D eigenvalue weighted by atomic mass is 16.6. The van der Waals surface area contributed by atoms with Gasteiger partial charge in [-0.05, 0) is 77.4 Å². The molecule has 34 heavy (non-hydrogen) atoms. The Morgan fingerprint density at radius 1 is 0.853 bits per heavy atom. The lowest BCUT2D eigenvalue weighted by atomic mass is 9.99. The lowest BCUT2D eigenvalue weighted by molar-refractivity contribution is -0.145. The molecular weight excluding hydrogens is 436 g/mol. The van der Waals surface area contributed by atoms with Crippen molar-refractivity contribution < 1.29 is 30.3 Å². The second-order valence-electron chi connectivity index (χ2n) is 10.7. The smallest absolute Gasteiger partial charge is 0.247 e. The number of nitrogens with one attached hydrogen (secondary N) is 2. The molecule has 0 fully saturated rings. The molecule has 0 saturated carbocycles. The van der Waals surface area contributed by atoms with Gasteiger partial charge in [0.25, 0.3) is 0 Å². The number of ether oxygens (including phenoxy) is 1. The third-order valence-electron chi connectivity index (χ3n) is 5.30. The Bertz CT molecular complexity index is 951. The number of aromatic hydroxyl groups is 1. The minimum atomic E-state index is -1.87. The molecule has 0 aliphatic rings. The molecule has 190 valence electrons. The number of phenols is 1. The van der Waals surface area contributed by atoms with Crippen molar-refractivity contribution in [2.24, 2.45) is 0 Å². The third-order valence-corrected chi connectivity index (χ3v) is 5.30. The molecule has 0 heterocycles. The lowest BCUT2D eigenvalue weighted by Gasteiger charge is -2.34. The summed E-state index contributed by atoms with van der Waals surface area (Å²) in [6.45, 7) is 11.4. The number of rotatable bonds is 10. The fraction of sp³-hybridized carbons (Fsp3) is 0.538. The monoisotopic (exact) mass is 476 g/mol. The maximum atomic E-state index is 11.6. The second kappa shape index (κ2) is 11.0. The van der Waals surface area contributed by atoms with Crippen LogP contribution < -0.4 is 15.4 Å². The minimum Gasteiger partial charge on any atom is -0.508 e. The summed E-state index contributed by atoms with van der Waals surface area (Å²) in [4.78, 5) is 0. The molecular formula is C26H40N2O6. The van der Waals surface area contributed by atoms with Gasteiger partial charge in [0.1, 0.15) is 11.5 Å². The van der Waals surface area contributed by atoms with Crippen LogP contribution in [0, 0.1) is 0 Å². The van der Waals surface area contributed by atoms with Crippen LogP contribution in [0.5, 0.6) is 11.5 Å². The summed E-state index contributed by atoms with van der Waals surface area (Å²) < 4.78 is 6.07. The molecule has 0 amide bonds. The van der Waals surface area contributed by atoms with Crippen molar-refractivity contribution in [3.8, 4) is 11.5 Å². The highest BCUT2D eigenvalue weighted by Crippen LogP contribution is 2.33. The first-order chi connectivity index (χ1) is 15.7. The van der Waals surface area contributed by atoms with E-state index in [1.54, 1.807) is 18.2 Å².